The molecular formula is C16H15FN4O2. The molecule has 0 amide bonds. The Bertz CT molecular complexity index is 826. The normalized spacial score (nSPS) is 10.6. The minimum Gasteiger partial charge on any atom is -0.494 e. The van der Waals surface area contributed by atoms with Gasteiger partial charge in [-0.15, -0.1) is 10.2 Å². The van der Waals surface area contributed by atoms with Crippen molar-refractivity contribution in [2.75, 3.05) is 14.2 Å². The molecule has 7 heteroatoms. The molecule has 23 heavy (non-hydrogen) atoms. The zero-order chi connectivity index (χ0) is 16.4. The molecule has 118 valence electrons. The summed E-state index contributed by atoms with van der Waals surface area (Å²) < 4.78 is 26.1. The summed E-state index contributed by atoms with van der Waals surface area (Å²) in [7, 11) is 3.14. The summed E-state index contributed by atoms with van der Waals surface area (Å²) in [6.45, 7) is 1.80. The summed E-state index contributed by atoms with van der Waals surface area (Å²) >= 11 is 0. The second-order valence-electron chi connectivity index (χ2n) is 4.81. The van der Waals surface area contributed by atoms with Crippen LogP contribution >= 0.6 is 0 Å². The maximum Gasteiger partial charge on any atom is 0.170 e. The van der Waals surface area contributed by atoms with Crippen molar-refractivity contribution >= 4 is 0 Å². The molecule has 0 fully saturated rings. The number of nitrogens with zero attached hydrogens (tertiary/aromatic N) is 4. The van der Waals surface area contributed by atoms with Crippen LogP contribution in [-0.4, -0.2) is 34.0 Å². The van der Waals surface area contributed by atoms with Crippen LogP contribution in [0.4, 0.5) is 4.39 Å². The van der Waals surface area contributed by atoms with Crippen LogP contribution in [0.1, 0.15) is 5.82 Å². The summed E-state index contributed by atoms with van der Waals surface area (Å²) in [5.41, 5.74) is 1.16. The van der Waals surface area contributed by atoms with Crippen molar-refractivity contribution in [1.29, 1.82) is 0 Å². The Balaban J connectivity index is 2.29. The number of halogens is 1. The predicted octanol–water partition coefficient (Wildman–Crippen LogP) is 2.79. The van der Waals surface area contributed by atoms with Crippen molar-refractivity contribution < 1.29 is 13.9 Å². The fourth-order valence-electron chi connectivity index (χ4n) is 2.40. The zero-order valence-corrected chi connectivity index (χ0v) is 12.9. The van der Waals surface area contributed by atoms with E-state index < -0.39 is 5.82 Å². The largest absolute Gasteiger partial charge is 0.494 e. The Hall–Kier alpha value is -2.96. The average Bonchev–Trinajstić information content (AvgIpc) is 2.95. The van der Waals surface area contributed by atoms with Crippen LogP contribution in [0.25, 0.3) is 17.1 Å². The van der Waals surface area contributed by atoms with Crippen molar-refractivity contribution in [1.82, 2.24) is 19.7 Å². The number of methoxy groups -OCH3 is 2. The fourth-order valence-corrected chi connectivity index (χ4v) is 2.40. The highest BCUT2D eigenvalue weighted by Crippen LogP contribution is 2.35. The van der Waals surface area contributed by atoms with Crippen molar-refractivity contribution in [2.45, 2.75) is 6.92 Å². The van der Waals surface area contributed by atoms with Gasteiger partial charge in [-0.1, -0.05) is 6.07 Å². The van der Waals surface area contributed by atoms with Crippen LogP contribution in [0.5, 0.6) is 11.5 Å². The number of hydrogen-bond donors (Lipinski definition) is 0. The highest BCUT2D eigenvalue weighted by atomic mass is 19.1. The third kappa shape index (κ3) is 2.61. The lowest BCUT2D eigenvalue weighted by molar-refractivity contribution is 0.391. The Morgan fingerprint density at radius 2 is 1.74 bits per heavy atom. The molecule has 0 aliphatic heterocycles. The predicted molar refractivity (Wildman–Crippen MR) is 82.4 cm³/mol. The second-order valence-corrected chi connectivity index (χ2v) is 4.81. The van der Waals surface area contributed by atoms with Gasteiger partial charge < -0.3 is 9.47 Å². The molecule has 3 rings (SSSR count). The van der Waals surface area contributed by atoms with E-state index in [-0.39, 0.29) is 0 Å². The fraction of sp³-hybridized carbons (Fsp3) is 0.188. The average molecular weight is 314 g/mol. The first kappa shape index (κ1) is 15.0. The molecule has 0 atom stereocenters. The number of rotatable bonds is 4. The molecule has 6 nitrogen and oxygen atoms in total. The van der Waals surface area contributed by atoms with Gasteiger partial charge >= 0.3 is 0 Å². The molecule has 2 heterocycles. The Morgan fingerprint density at radius 1 is 1.04 bits per heavy atom. The number of aromatic nitrogens is 4. The number of pyridine rings is 1. The van der Waals surface area contributed by atoms with Gasteiger partial charge in [-0.2, -0.15) is 0 Å². The SMILES string of the molecule is COc1cccc(OC)c1-n1c(C)nnc1-c1cncc(F)c1. The molecule has 0 aliphatic rings. The molecule has 1 aromatic carbocycles. The van der Waals surface area contributed by atoms with Crippen molar-refractivity contribution in [2.24, 2.45) is 0 Å². The van der Waals surface area contributed by atoms with Gasteiger partial charge in [0.2, 0.25) is 0 Å². The molecule has 0 saturated heterocycles. The number of benzene rings is 1. The molecular weight excluding hydrogens is 299 g/mol. The molecule has 0 saturated carbocycles. The standard InChI is InChI=1S/C16H15FN4O2/c1-10-19-20-16(11-7-12(17)9-18-8-11)21(10)15-13(22-2)5-4-6-14(15)23-3/h4-9H,1-3H3. The lowest BCUT2D eigenvalue weighted by atomic mass is 10.2. The van der Waals surface area contributed by atoms with Crippen molar-refractivity contribution in [3.8, 4) is 28.6 Å². The number of hydrogen-bond acceptors (Lipinski definition) is 5. The van der Waals surface area contributed by atoms with Gasteiger partial charge in [0.25, 0.3) is 0 Å². The van der Waals surface area contributed by atoms with Gasteiger partial charge in [0, 0.05) is 11.8 Å². The lowest BCUT2D eigenvalue weighted by Gasteiger charge is -2.16. The van der Waals surface area contributed by atoms with Crippen molar-refractivity contribution in [3.63, 3.8) is 0 Å². The van der Waals surface area contributed by atoms with Gasteiger partial charge in [-0.05, 0) is 25.1 Å². The summed E-state index contributed by atoms with van der Waals surface area (Å²) in [5, 5.41) is 8.25. The second kappa shape index (κ2) is 6.04. The third-order valence-corrected chi connectivity index (χ3v) is 3.41. The first-order valence-corrected chi connectivity index (χ1v) is 6.90. The molecule has 0 N–H and O–H groups in total. The van der Waals surface area contributed by atoms with Gasteiger partial charge in [0.15, 0.2) is 5.82 Å². The first-order chi connectivity index (χ1) is 11.2. The number of aryl methyl sites for hydroxylation is 1. The van der Waals surface area contributed by atoms with Crippen LogP contribution in [0, 0.1) is 12.7 Å². The van der Waals surface area contributed by atoms with E-state index in [0.29, 0.717) is 34.4 Å². The Labute approximate surface area is 132 Å². The maximum absolute atomic E-state index is 13.5. The molecule has 2 aromatic heterocycles. The maximum atomic E-state index is 13.5. The van der Waals surface area contributed by atoms with E-state index in [0.717, 1.165) is 6.20 Å². The van der Waals surface area contributed by atoms with Crippen LogP contribution in [0.15, 0.2) is 36.7 Å². The quantitative estimate of drug-likeness (QED) is 0.741. The summed E-state index contributed by atoms with van der Waals surface area (Å²) in [5.74, 6) is 1.82. The zero-order valence-electron chi connectivity index (χ0n) is 12.9. The molecule has 0 aliphatic carbocycles. The summed E-state index contributed by atoms with van der Waals surface area (Å²) in [6, 6.07) is 6.80. The Morgan fingerprint density at radius 3 is 2.35 bits per heavy atom. The first-order valence-electron chi connectivity index (χ1n) is 6.90. The smallest absolute Gasteiger partial charge is 0.170 e. The lowest BCUT2D eigenvalue weighted by Crippen LogP contribution is -2.05. The van der Waals surface area contributed by atoms with E-state index in [1.807, 2.05) is 18.2 Å². The van der Waals surface area contributed by atoms with E-state index in [2.05, 4.69) is 15.2 Å². The minimum absolute atomic E-state index is 0.443. The van der Waals surface area contributed by atoms with Gasteiger partial charge in [-0.25, -0.2) is 4.39 Å². The van der Waals surface area contributed by atoms with E-state index in [9.17, 15) is 4.39 Å². The van der Waals surface area contributed by atoms with Crippen LogP contribution < -0.4 is 9.47 Å². The highest BCUT2D eigenvalue weighted by Gasteiger charge is 2.20. The monoisotopic (exact) mass is 314 g/mol. The van der Waals surface area contributed by atoms with E-state index in [1.165, 1.54) is 12.3 Å². The third-order valence-electron chi connectivity index (χ3n) is 3.41. The highest BCUT2D eigenvalue weighted by molar-refractivity contribution is 5.64. The van der Waals surface area contributed by atoms with Crippen LogP contribution in [0.2, 0.25) is 0 Å². The summed E-state index contributed by atoms with van der Waals surface area (Å²) in [6.07, 6.45) is 2.67. The van der Waals surface area contributed by atoms with Crippen LogP contribution in [-0.2, 0) is 0 Å². The van der Waals surface area contributed by atoms with Crippen molar-refractivity contribution in [3.05, 3.63) is 48.3 Å². The molecule has 0 unspecified atom stereocenters. The number of para-hydroxylation sites is 1. The molecule has 3 aromatic rings. The van der Waals surface area contributed by atoms with Gasteiger partial charge in [0.05, 0.1) is 20.4 Å². The summed E-state index contributed by atoms with van der Waals surface area (Å²) in [4.78, 5) is 3.87. The minimum atomic E-state index is -0.443. The molecule has 0 bridgehead atoms. The van der Waals surface area contributed by atoms with Gasteiger partial charge in [-0.3, -0.25) is 9.55 Å². The van der Waals surface area contributed by atoms with E-state index >= 15 is 0 Å². The molecule has 0 spiro atoms. The topological polar surface area (TPSA) is 62.1 Å². The van der Waals surface area contributed by atoms with Gasteiger partial charge in [0.1, 0.15) is 28.8 Å². The Kier molecular flexibility index (Phi) is 3.92. The van der Waals surface area contributed by atoms with Crippen LogP contribution in [0.3, 0.4) is 0 Å². The molecule has 0 radical (unpaired) electrons. The van der Waals surface area contributed by atoms with E-state index in [4.69, 9.17) is 9.47 Å². The van der Waals surface area contributed by atoms with E-state index in [1.54, 1.807) is 25.7 Å². The number of ether oxygens (including phenoxy) is 2.